The zero-order valence-corrected chi connectivity index (χ0v) is 10.8. The fourth-order valence-electron chi connectivity index (χ4n) is 2.06. The number of ether oxygens (including phenoxy) is 1. The Hall–Kier alpha value is -1.52. The maximum absolute atomic E-state index is 11.1. The second kappa shape index (κ2) is 4.30. The number of rotatable bonds is 1. The fraction of sp³-hybridized carbons (Fsp3) is 0.154. The Kier molecular flexibility index (Phi) is 2.76. The third-order valence-electron chi connectivity index (χ3n) is 2.92. The lowest BCUT2D eigenvalue weighted by Gasteiger charge is -2.09. The average molecular weight is 281 g/mol. The van der Waals surface area contributed by atoms with Crippen LogP contribution in [0.15, 0.2) is 23.6 Å². The summed E-state index contributed by atoms with van der Waals surface area (Å²) in [6.07, 6.45) is 0.827. The molecule has 0 amide bonds. The molecule has 5 heteroatoms. The molecule has 18 heavy (non-hydrogen) atoms. The number of aromatic carboxylic acids is 1. The van der Waals surface area contributed by atoms with Gasteiger partial charge in [0.2, 0.25) is 0 Å². The van der Waals surface area contributed by atoms with Gasteiger partial charge in [-0.05, 0) is 23.1 Å². The minimum Gasteiger partial charge on any atom is -0.493 e. The number of fused-ring (bicyclic) bond motifs is 3. The van der Waals surface area contributed by atoms with Gasteiger partial charge in [0, 0.05) is 22.9 Å². The molecule has 3 nitrogen and oxygen atoms in total. The number of carboxylic acids is 1. The summed E-state index contributed by atoms with van der Waals surface area (Å²) in [6, 6.07) is 5.24. The molecule has 2 aromatic rings. The minimum atomic E-state index is -1.02. The lowest BCUT2D eigenvalue weighted by Crippen LogP contribution is -2.01. The zero-order chi connectivity index (χ0) is 12.7. The molecule has 0 atom stereocenters. The number of halogens is 1. The van der Waals surface area contributed by atoms with E-state index in [4.69, 9.17) is 21.4 Å². The van der Waals surface area contributed by atoms with Crippen molar-refractivity contribution in [3.05, 3.63) is 39.7 Å². The summed E-state index contributed by atoms with van der Waals surface area (Å²) in [5, 5.41) is 11.3. The largest absolute Gasteiger partial charge is 0.493 e. The topological polar surface area (TPSA) is 46.5 Å². The first-order valence-electron chi connectivity index (χ1n) is 5.43. The molecular weight excluding hydrogens is 272 g/mol. The number of hydrogen-bond donors (Lipinski definition) is 1. The van der Waals surface area contributed by atoms with Gasteiger partial charge < -0.3 is 9.84 Å². The van der Waals surface area contributed by atoms with Crippen LogP contribution in [-0.4, -0.2) is 17.7 Å². The van der Waals surface area contributed by atoms with E-state index in [9.17, 15) is 4.79 Å². The van der Waals surface area contributed by atoms with Crippen LogP contribution in [0, 0.1) is 0 Å². The first-order chi connectivity index (χ1) is 8.66. The first kappa shape index (κ1) is 11.6. The molecule has 0 saturated heterocycles. The van der Waals surface area contributed by atoms with Gasteiger partial charge in [-0.3, -0.25) is 0 Å². The van der Waals surface area contributed by atoms with Crippen molar-refractivity contribution >= 4 is 28.9 Å². The molecule has 1 aromatic carbocycles. The Balaban J connectivity index is 2.26. The van der Waals surface area contributed by atoms with E-state index < -0.39 is 5.97 Å². The van der Waals surface area contributed by atoms with Crippen molar-refractivity contribution in [1.29, 1.82) is 0 Å². The third kappa shape index (κ3) is 1.78. The van der Waals surface area contributed by atoms with Crippen LogP contribution in [0.4, 0.5) is 0 Å². The number of carboxylic acid groups (broad SMARTS) is 1. The van der Waals surface area contributed by atoms with Gasteiger partial charge >= 0.3 is 5.97 Å². The van der Waals surface area contributed by atoms with Gasteiger partial charge in [-0.25, -0.2) is 4.79 Å². The van der Waals surface area contributed by atoms with Crippen molar-refractivity contribution in [1.82, 2.24) is 0 Å². The molecule has 0 aliphatic carbocycles. The summed E-state index contributed by atoms with van der Waals surface area (Å²) < 4.78 is 5.63. The van der Waals surface area contributed by atoms with E-state index in [1.807, 2.05) is 11.4 Å². The molecule has 0 unspecified atom stereocenters. The molecule has 2 heterocycles. The van der Waals surface area contributed by atoms with E-state index in [2.05, 4.69) is 0 Å². The van der Waals surface area contributed by atoms with Crippen molar-refractivity contribution < 1.29 is 14.6 Å². The molecule has 0 spiro atoms. The Bertz CT molecular complexity index is 633. The summed E-state index contributed by atoms with van der Waals surface area (Å²) >= 11 is 7.54. The summed E-state index contributed by atoms with van der Waals surface area (Å²) in [4.78, 5) is 12.2. The van der Waals surface area contributed by atoms with Crippen LogP contribution in [-0.2, 0) is 6.42 Å². The van der Waals surface area contributed by atoms with Crippen molar-refractivity contribution in [2.75, 3.05) is 6.61 Å². The monoisotopic (exact) mass is 280 g/mol. The van der Waals surface area contributed by atoms with E-state index in [0.29, 0.717) is 12.4 Å². The molecule has 0 radical (unpaired) electrons. The first-order valence-corrected chi connectivity index (χ1v) is 6.69. The van der Waals surface area contributed by atoms with E-state index in [0.717, 1.165) is 16.9 Å². The second-order valence-electron chi connectivity index (χ2n) is 4.01. The molecular formula is C13H9ClO3S. The minimum absolute atomic E-state index is 0.111. The molecule has 0 saturated carbocycles. The van der Waals surface area contributed by atoms with Gasteiger partial charge in [-0.1, -0.05) is 11.6 Å². The third-order valence-corrected chi connectivity index (χ3v) is 4.22. The van der Waals surface area contributed by atoms with Crippen LogP contribution in [0.2, 0.25) is 5.02 Å². The highest BCUT2D eigenvalue weighted by Crippen LogP contribution is 2.41. The molecule has 1 aliphatic heterocycles. The van der Waals surface area contributed by atoms with Crippen LogP contribution in [0.25, 0.3) is 10.4 Å². The summed E-state index contributed by atoms with van der Waals surface area (Å²) in [5.41, 5.74) is 2.12. The van der Waals surface area contributed by atoms with Crippen molar-refractivity contribution in [2.45, 2.75) is 6.42 Å². The molecule has 1 aromatic heterocycles. The van der Waals surface area contributed by atoms with Crippen molar-refractivity contribution in [2.24, 2.45) is 0 Å². The highest BCUT2D eigenvalue weighted by molar-refractivity contribution is 7.13. The maximum Gasteiger partial charge on any atom is 0.337 e. The summed E-state index contributed by atoms with van der Waals surface area (Å²) in [5.74, 6) is -0.364. The fourth-order valence-corrected chi connectivity index (χ4v) is 3.27. The Morgan fingerprint density at radius 3 is 3.06 bits per heavy atom. The molecule has 92 valence electrons. The van der Waals surface area contributed by atoms with Crippen LogP contribution in [0.3, 0.4) is 0 Å². The standard InChI is InChI=1S/C13H9ClO3S/c14-10-6-11-9(5-8(10)13(15)16)12-7(1-3-17-11)2-4-18-12/h2,4-6H,1,3H2,(H,15,16). The maximum atomic E-state index is 11.1. The number of benzene rings is 1. The molecule has 3 rings (SSSR count). The Morgan fingerprint density at radius 1 is 1.44 bits per heavy atom. The van der Waals surface area contributed by atoms with Crippen molar-refractivity contribution in [3.63, 3.8) is 0 Å². The Labute approximate surface area is 113 Å². The average Bonchev–Trinajstić information content (AvgIpc) is 2.71. The number of hydrogen-bond acceptors (Lipinski definition) is 3. The Morgan fingerprint density at radius 2 is 2.28 bits per heavy atom. The van der Waals surface area contributed by atoms with Gasteiger partial charge in [-0.15, -0.1) is 11.3 Å². The number of carbonyl (C=O) groups is 1. The molecule has 1 N–H and O–H groups in total. The highest BCUT2D eigenvalue weighted by Gasteiger charge is 2.20. The van der Waals surface area contributed by atoms with E-state index in [1.54, 1.807) is 23.5 Å². The van der Waals surface area contributed by atoms with Crippen LogP contribution in [0.1, 0.15) is 15.9 Å². The molecule has 0 fully saturated rings. The van der Waals surface area contributed by atoms with Gasteiger partial charge in [0.1, 0.15) is 5.75 Å². The number of thiophene rings is 1. The van der Waals surface area contributed by atoms with Gasteiger partial charge in [0.05, 0.1) is 17.2 Å². The SMILES string of the molecule is O=C(O)c1cc2c(cc1Cl)OCCc1ccsc1-2. The van der Waals surface area contributed by atoms with E-state index in [-0.39, 0.29) is 10.6 Å². The summed E-state index contributed by atoms with van der Waals surface area (Å²) in [6.45, 7) is 0.583. The van der Waals surface area contributed by atoms with Gasteiger partial charge in [0.25, 0.3) is 0 Å². The van der Waals surface area contributed by atoms with Crippen LogP contribution >= 0.6 is 22.9 Å². The highest BCUT2D eigenvalue weighted by atomic mass is 35.5. The molecule has 1 aliphatic rings. The van der Waals surface area contributed by atoms with E-state index in [1.165, 1.54) is 5.56 Å². The zero-order valence-electron chi connectivity index (χ0n) is 9.27. The van der Waals surface area contributed by atoms with Crippen LogP contribution < -0.4 is 4.74 Å². The van der Waals surface area contributed by atoms with E-state index >= 15 is 0 Å². The lowest BCUT2D eigenvalue weighted by atomic mass is 10.1. The van der Waals surface area contributed by atoms with Crippen molar-refractivity contribution in [3.8, 4) is 16.2 Å². The predicted molar refractivity (Wildman–Crippen MR) is 70.9 cm³/mol. The van der Waals surface area contributed by atoms with Gasteiger partial charge in [-0.2, -0.15) is 0 Å². The quantitative estimate of drug-likeness (QED) is 0.866. The lowest BCUT2D eigenvalue weighted by molar-refractivity contribution is 0.0697. The normalized spacial score (nSPS) is 13.2. The van der Waals surface area contributed by atoms with Gasteiger partial charge in [0.15, 0.2) is 0 Å². The molecule has 0 bridgehead atoms. The van der Waals surface area contributed by atoms with Crippen LogP contribution in [0.5, 0.6) is 5.75 Å². The smallest absolute Gasteiger partial charge is 0.337 e. The summed E-state index contributed by atoms with van der Waals surface area (Å²) in [7, 11) is 0. The second-order valence-corrected chi connectivity index (χ2v) is 5.33. The predicted octanol–water partition coefficient (Wildman–Crippen LogP) is 3.70.